The standard InChI is InChI=1S/C36H42O5Si2/c1-23(2)42(25(5)31-21-29(17-19-33(31)37)35(39)27-13-9-7-10-14-27)41-43(24(3)4)26(6)32-22-30(18-20-34(32)38)36(40)28-15-11-8-12-16-28/h7-26,37-38,42-43H,1-6H3. The molecule has 5 nitrogen and oxygen atoms in total. The quantitative estimate of drug-likeness (QED) is 0.126. The molecule has 224 valence electrons. The molecule has 2 N–H and O–H groups in total. The van der Waals surface area contributed by atoms with Gasteiger partial charge in [-0.2, -0.15) is 0 Å². The van der Waals surface area contributed by atoms with Crippen molar-refractivity contribution < 1.29 is 23.9 Å². The number of benzene rings is 4. The molecule has 0 fully saturated rings. The minimum atomic E-state index is -2.03. The summed E-state index contributed by atoms with van der Waals surface area (Å²) in [7, 11) is -4.06. The molecule has 4 rings (SSSR count). The lowest BCUT2D eigenvalue weighted by molar-refractivity contribution is 0.103. The second kappa shape index (κ2) is 14.1. The summed E-state index contributed by atoms with van der Waals surface area (Å²) in [6.07, 6.45) is 0. The minimum Gasteiger partial charge on any atom is -0.508 e. The van der Waals surface area contributed by atoms with Crippen molar-refractivity contribution in [3.63, 3.8) is 0 Å². The molecule has 0 radical (unpaired) electrons. The Hall–Kier alpha value is -3.79. The van der Waals surface area contributed by atoms with E-state index in [0.29, 0.717) is 22.3 Å². The highest BCUT2D eigenvalue weighted by atomic mass is 28.4. The molecule has 0 heterocycles. The average molecular weight is 611 g/mol. The van der Waals surface area contributed by atoms with Crippen LogP contribution >= 0.6 is 0 Å². The molecule has 0 saturated heterocycles. The Balaban J connectivity index is 1.63. The fraction of sp³-hybridized carbons (Fsp3) is 0.278. The smallest absolute Gasteiger partial charge is 0.193 e. The van der Waals surface area contributed by atoms with Gasteiger partial charge in [0.1, 0.15) is 11.5 Å². The predicted molar refractivity (Wildman–Crippen MR) is 178 cm³/mol. The van der Waals surface area contributed by atoms with Gasteiger partial charge >= 0.3 is 0 Å². The van der Waals surface area contributed by atoms with Gasteiger partial charge in [0.05, 0.1) is 0 Å². The predicted octanol–water partition coefficient (Wildman–Crippen LogP) is 7.83. The van der Waals surface area contributed by atoms with Crippen molar-refractivity contribution in [1.82, 2.24) is 0 Å². The van der Waals surface area contributed by atoms with Gasteiger partial charge in [-0.1, -0.05) is 102 Å². The fourth-order valence-electron chi connectivity index (χ4n) is 5.87. The molecule has 7 heteroatoms. The third-order valence-electron chi connectivity index (χ3n) is 8.25. The van der Waals surface area contributed by atoms with Gasteiger partial charge < -0.3 is 14.3 Å². The normalized spacial score (nSPS) is 14.3. The lowest BCUT2D eigenvalue weighted by Gasteiger charge is -2.35. The summed E-state index contributed by atoms with van der Waals surface area (Å²) in [6, 6.07) is 28.5. The highest BCUT2D eigenvalue weighted by Gasteiger charge is 2.35. The van der Waals surface area contributed by atoms with Gasteiger partial charge in [0.2, 0.25) is 0 Å². The Morgan fingerprint density at radius 2 is 0.884 bits per heavy atom. The first-order valence-corrected chi connectivity index (χ1v) is 18.6. The Bertz CT molecular complexity index is 1440. The molecular formula is C36H42O5Si2. The SMILES string of the molecule is CC(C)[SiH](O[SiH](C(C)C)C(C)c1cc(C(=O)c2ccccc2)ccc1O)C(C)c1cc(C(=O)c2ccccc2)ccc1O. The van der Waals surface area contributed by atoms with E-state index in [1.54, 1.807) is 48.5 Å². The number of phenols is 2. The second-order valence-corrected chi connectivity index (χ2v) is 19.7. The van der Waals surface area contributed by atoms with Crippen molar-refractivity contribution in [3.8, 4) is 11.5 Å². The highest BCUT2D eigenvalue weighted by molar-refractivity contribution is 6.69. The molecule has 0 aliphatic heterocycles. The Morgan fingerprint density at radius 3 is 1.21 bits per heavy atom. The van der Waals surface area contributed by atoms with Crippen LogP contribution in [0.2, 0.25) is 11.1 Å². The number of hydrogen-bond donors (Lipinski definition) is 2. The third kappa shape index (κ3) is 7.41. The molecule has 0 saturated carbocycles. The average Bonchev–Trinajstić information content (AvgIpc) is 3.01. The van der Waals surface area contributed by atoms with Crippen LogP contribution in [0.25, 0.3) is 0 Å². The van der Waals surface area contributed by atoms with E-state index in [0.717, 1.165) is 11.1 Å². The second-order valence-electron chi connectivity index (χ2n) is 12.1. The lowest BCUT2D eigenvalue weighted by Crippen LogP contribution is -2.40. The first-order valence-electron chi connectivity index (χ1n) is 15.0. The van der Waals surface area contributed by atoms with E-state index in [-0.39, 0.29) is 45.2 Å². The van der Waals surface area contributed by atoms with Crippen molar-refractivity contribution in [1.29, 1.82) is 0 Å². The van der Waals surface area contributed by atoms with E-state index in [2.05, 4.69) is 41.5 Å². The van der Waals surface area contributed by atoms with Gasteiger partial charge in [0.15, 0.2) is 29.6 Å². The lowest BCUT2D eigenvalue weighted by atomic mass is 10.00. The van der Waals surface area contributed by atoms with Crippen LogP contribution in [0.5, 0.6) is 11.5 Å². The molecule has 0 bridgehead atoms. The number of ketones is 2. The van der Waals surface area contributed by atoms with E-state index in [9.17, 15) is 19.8 Å². The summed E-state index contributed by atoms with van der Waals surface area (Å²) >= 11 is 0. The van der Waals surface area contributed by atoms with Gasteiger partial charge in [0.25, 0.3) is 0 Å². The highest BCUT2D eigenvalue weighted by Crippen LogP contribution is 2.38. The van der Waals surface area contributed by atoms with Crippen LogP contribution in [-0.4, -0.2) is 39.9 Å². The summed E-state index contributed by atoms with van der Waals surface area (Å²) in [5, 5.41) is 21.9. The van der Waals surface area contributed by atoms with E-state index < -0.39 is 18.1 Å². The molecule has 4 aromatic carbocycles. The molecule has 4 unspecified atom stereocenters. The van der Waals surface area contributed by atoms with Crippen molar-refractivity contribution in [2.24, 2.45) is 0 Å². The molecule has 0 aliphatic rings. The molecule has 0 spiro atoms. The number of rotatable bonds is 12. The summed E-state index contributed by atoms with van der Waals surface area (Å²) in [6.45, 7) is 12.8. The maximum Gasteiger partial charge on any atom is 0.193 e. The largest absolute Gasteiger partial charge is 0.508 e. The van der Waals surface area contributed by atoms with Crippen LogP contribution in [0.15, 0.2) is 97.1 Å². The maximum absolute atomic E-state index is 13.2. The summed E-state index contributed by atoms with van der Waals surface area (Å²) in [5.41, 5.74) is 4.13. The Kier molecular flexibility index (Phi) is 10.6. The first kappa shape index (κ1) is 32.1. The topological polar surface area (TPSA) is 83.8 Å². The van der Waals surface area contributed by atoms with Crippen molar-refractivity contribution in [2.75, 3.05) is 0 Å². The van der Waals surface area contributed by atoms with Gasteiger partial charge in [0, 0.05) is 33.3 Å². The van der Waals surface area contributed by atoms with Gasteiger partial charge in [-0.3, -0.25) is 9.59 Å². The van der Waals surface area contributed by atoms with Crippen molar-refractivity contribution >= 4 is 29.6 Å². The van der Waals surface area contributed by atoms with Gasteiger partial charge in [-0.25, -0.2) is 0 Å². The first-order chi connectivity index (χ1) is 20.5. The molecular weight excluding hydrogens is 569 g/mol. The van der Waals surface area contributed by atoms with Crippen LogP contribution in [0.3, 0.4) is 0 Å². The minimum absolute atomic E-state index is 0.0657. The summed E-state index contributed by atoms with van der Waals surface area (Å²) in [4.78, 5) is 26.4. The van der Waals surface area contributed by atoms with Crippen LogP contribution < -0.4 is 0 Å². The summed E-state index contributed by atoms with van der Waals surface area (Å²) < 4.78 is 7.17. The monoisotopic (exact) mass is 610 g/mol. The molecule has 0 amide bonds. The van der Waals surface area contributed by atoms with E-state index in [4.69, 9.17) is 4.12 Å². The number of carbonyl (C=O) groups excluding carboxylic acids is 2. The van der Waals surface area contributed by atoms with Crippen LogP contribution in [0.1, 0.15) is 95.6 Å². The van der Waals surface area contributed by atoms with Crippen molar-refractivity contribution in [2.45, 2.75) is 63.7 Å². The van der Waals surface area contributed by atoms with Crippen LogP contribution in [0.4, 0.5) is 0 Å². The van der Waals surface area contributed by atoms with Crippen molar-refractivity contribution in [3.05, 3.63) is 130 Å². The number of carbonyl (C=O) groups is 2. The zero-order valence-electron chi connectivity index (χ0n) is 25.8. The summed E-state index contributed by atoms with van der Waals surface area (Å²) in [5.74, 6) is 0.168. The number of hydrogen-bond acceptors (Lipinski definition) is 5. The van der Waals surface area contributed by atoms with Crippen LogP contribution in [-0.2, 0) is 4.12 Å². The Morgan fingerprint density at radius 1 is 0.535 bits per heavy atom. The fourth-order valence-corrected chi connectivity index (χ4v) is 15.3. The molecule has 4 atom stereocenters. The van der Waals surface area contributed by atoms with Crippen LogP contribution in [0, 0.1) is 0 Å². The van der Waals surface area contributed by atoms with E-state index in [1.165, 1.54) is 0 Å². The van der Waals surface area contributed by atoms with E-state index >= 15 is 0 Å². The van der Waals surface area contributed by atoms with Gasteiger partial charge in [-0.05, 0) is 58.6 Å². The van der Waals surface area contributed by atoms with E-state index in [1.807, 2.05) is 48.5 Å². The molecule has 4 aromatic rings. The molecule has 43 heavy (non-hydrogen) atoms. The zero-order valence-corrected chi connectivity index (χ0v) is 28.1. The number of phenolic OH excluding ortho intramolecular Hbond substituents is 2. The molecule has 0 aromatic heterocycles. The third-order valence-corrected chi connectivity index (χ3v) is 16.1. The van der Waals surface area contributed by atoms with Gasteiger partial charge in [-0.15, -0.1) is 0 Å². The Labute approximate surface area is 258 Å². The maximum atomic E-state index is 13.2. The molecule has 0 aliphatic carbocycles. The zero-order chi connectivity index (χ0) is 31.3. The number of aromatic hydroxyl groups is 2.